The Hall–Kier alpha value is -3.08. The van der Waals surface area contributed by atoms with E-state index < -0.39 is 18.1 Å². The number of benzene rings is 2. The van der Waals surface area contributed by atoms with Crippen LogP contribution in [0.15, 0.2) is 55.1 Å². The van der Waals surface area contributed by atoms with Gasteiger partial charge in [-0.1, -0.05) is 48.5 Å². The van der Waals surface area contributed by atoms with Crippen LogP contribution in [0.5, 0.6) is 0 Å². The van der Waals surface area contributed by atoms with E-state index in [1.54, 1.807) is 0 Å². The van der Waals surface area contributed by atoms with Gasteiger partial charge in [-0.25, -0.2) is 9.59 Å². The minimum absolute atomic E-state index is 0.101. The molecule has 5 heteroatoms. The highest BCUT2D eigenvalue weighted by atomic mass is 16.5. The van der Waals surface area contributed by atoms with Crippen molar-refractivity contribution in [2.45, 2.75) is 25.5 Å². The molecule has 0 bridgehead atoms. The summed E-state index contributed by atoms with van der Waals surface area (Å²) in [5.74, 6) is -1.12. The van der Waals surface area contributed by atoms with Gasteiger partial charge in [0.25, 0.3) is 0 Å². The lowest BCUT2D eigenvalue weighted by Gasteiger charge is -2.14. The van der Waals surface area contributed by atoms with Crippen molar-refractivity contribution in [2.24, 2.45) is 0 Å². The number of hydrogen-bond donors (Lipinski definition) is 2. The van der Waals surface area contributed by atoms with Crippen molar-refractivity contribution in [2.75, 3.05) is 0 Å². The van der Waals surface area contributed by atoms with Crippen molar-refractivity contribution in [1.82, 2.24) is 5.32 Å². The molecule has 0 aliphatic heterocycles. The second kappa shape index (κ2) is 7.21. The maximum absolute atomic E-state index is 11.9. The Balaban J connectivity index is 1.68. The standard InChI is InChI=1S/C20H19NO4/c1-2-6-18(19(22)23)21-20(24)25-12-14-8-5-10-16-15-9-4-3-7-13(15)11-17(14)16/h2-5,7-10,18H,1,6,11-12H2,(H,21,24)(H,22,23). The number of amides is 1. The highest BCUT2D eigenvalue weighted by molar-refractivity contribution is 5.80. The predicted octanol–water partition coefficient (Wildman–Crippen LogP) is 3.51. The molecule has 128 valence electrons. The van der Waals surface area contributed by atoms with Gasteiger partial charge in [0.15, 0.2) is 0 Å². The average Bonchev–Trinajstić information content (AvgIpc) is 2.99. The van der Waals surface area contributed by atoms with Crippen molar-refractivity contribution in [3.05, 3.63) is 71.8 Å². The van der Waals surface area contributed by atoms with Crippen LogP contribution in [0.1, 0.15) is 23.1 Å². The Bertz CT molecular complexity index is 828. The molecular weight excluding hydrogens is 318 g/mol. The van der Waals surface area contributed by atoms with E-state index in [-0.39, 0.29) is 13.0 Å². The molecule has 0 fully saturated rings. The van der Waals surface area contributed by atoms with E-state index in [0.717, 1.165) is 23.1 Å². The van der Waals surface area contributed by atoms with Gasteiger partial charge in [0.2, 0.25) is 0 Å². The summed E-state index contributed by atoms with van der Waals surface area (Å²) in [4.78, 5) is 23.0. The zero-order valence-electron chi connectivity index (χ0n) is 13.7. The quantitative estimate of drug-likeness (QED) is 0.675. The summed E-state index contributed by atoms with van der Waals surface area (Å²) < 4.78 is 5.23. The monoisotopic (exact) mass is 337 g/mol. The molecule has 0 saturated carbocycles. The maximum Gasteiger partial charge on any atom is 0.408 e. The first-order valence-corrected chi connectivity index (χ1v) is 8.06. The van der Waals surface area contributed by atoms with Gasteiger partial charge in [-0.05, 0) is 40.7 Å². The molecule has 25 heavy (non-hydrogen) atoms. The average molecular weight is 337 g/mol. The summed E-state index contributed by atoms with van der Waals surface area (Å²) in [5, 5.41) is 11.4. The Morgan fingerprint density at radius 1 is 1.20 bits per heavy atom. The third-order valence-corrected chi connectivity index (χ3v) is 4.30. The van der Waals surface area contributed by atoms with Crippen molar-refractivity contribution in [3.63, 3.8) is 0 Å². The van der Waals surface area contributed by atoms with Crippen LogP contribution in [-0.2, 0) is 22.6 Å². The van der Waals surface area contributed by atoms with Crippen molar-refractivity contribution >= 4 is 12.1 Å². The van der Waals surface area contributed by atoms with Crippen LogP contribution in [0.25, 0.3) is 11.1 Å². The number of carbonyl (C=O) groups is 2. The second-order valence-corrected chi connectivity index (χ2v) is 5.91. The molecule has 1 unspecified atom stereocenters. The van der Waals surface area contributed by atoms with Gasteiger partial charge >= 0.3 is 12.1 Å². The van der Waals surface area contributed by atoms with Crippen LogP contribution in [0.2, 0.25) is 0 Å². The maximum atomic E-state index is 11.9. The summed E-state index contributed by atoms with van der Waals surface area (Å²) in [5.41, 5.74) is 5.70. The van der Waals surface area contributed by atoms with Crippen LogP contribution in [0.4, 0.5) is 4.79 Å². The first-order chi connectivity index (χ1) is 12.1. The van der Waals surface area contributed by atoms with Crippen LogP contribution in [0.3, 0.4) is 0 Å². The lowest BCUT2D eigenvalue weighted by Crippen LogP contribution is -2.40. The molecule has 0 spiro atoms. The van der Waals surface area contributed by atoms with Gasteiger partial charge in [-0.15, -0.1) is 6.58 Å². The predicted molar refractivity (Wildman–Crippen MR) is 94.2 cm³/mol. The zero-order valence-corrected chi connectivity index (χ0v) is 13.7. The van der Waals surface area contributed by atoms with E-state index in [1.807, 2.05) is 24.3 Å². The van der Waals surface area contributed by atoms with Gasteiger partial charge in [0, 0.05) is 0 Å². The number of rotatable bonds is 6. The lowest BCUT2D eigenvalue weighted by atomic mass is 10.0. The number of alkyl carbamates (subject to hydrolysis) is 1. The molecule has 0 saturated heterocycles. The van der Waals surface area contributed by atoms with E-state index in [0.29, 0.717) is 0 Å². The Kier molecular flexibility index (Phi) is 4.84. The fourth-order valence-electron chi connectivity index (χ4n) is 3.07. The Morgan fingerprint density at radius 3 is 2.72 bits per heavy atom. The van der Waals surface area contributed by atoms with Gasteiger partial charge < -0.3 is 15.2 Å². The van der Waals surface area contributed by atoms with E-state index >= 15 is 0 Å². The fourth-order valence-corrected chi connectivity index (χ4v) is 3.07. The summed E-state index contributed by atoms with van der Waals surface area (Å²) >= 11 is 0. The molecule has 5 nitrogen and oxygen atoms in total. The molecule has 3 rings (SSSR count). The number of fused-ring (bicyclic) bond motifs is 3. The van der Waals surface area contributed by atoms with Crippen molar-refractivity contribution in [3.8, 4) is 11.1 Å². The first kappa shape index (κ1) is 16.8. The Labute approximate surface area is 145 Å². The molecule has 2 aromatic rings. The summed E-state index contributed by atoms with van der Waals surface area (Å²) in [6.07, 6.45) is 1.64. The third kappa shape index (κ3) is 3.55. The first-order valence-electron chi connectivity index (χ1n) is 8.06. The summed E-state index contributed by atoms with van der Waals surface area (Å²) in [6.45, 7) is 3.59. The molecule has 1 aliphatic carbocycles. The number of carboxylic acids is 1. The normalized spacial score (nSPS) is 12.6. The molecule has 0 heterocycles. The molecule has 2 N–H and O–H groups in total. The summed E-state index contributed by atoms with van der Waals surface area (Å²) in [6, 6.07) is 13.1. The van der Waals surface area contributed by atoms with Crippen LogP contribution in [0, 0.1) is 0 Å². The van der Waals surface area contributed by atoms with Crippen molar-refractivity contribution in [1.29, 1.82) is 0 Å². The topological polar surface area (TPSA) is 75.6 Å². The van der Waals surface area contributed by atoms with Crippen LogP contribution in [-0.4, -0.2) is 23.2 Å². The van der Waals surface area contributed by atoms with E-state index in [2.05, 4.69) is 30.1 Å². The highest BCUT2D eigenvalue weighted by Crippen LogP contribution is 2.38. The minimum Gasteiger partial charge on any atom is -0.480 e. The molecule has 0 radical (unpaired) electrons. The van der Waals surface area contributed by atoms with Crippen LogP contribution < -0.4 is 5.32 Å². The second-order valence-electron chi connectivity index (χ2n) is 5.91. The van der Waals surface area contributed by atoms with Gasteiger partial charge in [0.1, 0.15) is 12.6 Å². The van der Waals surface area contributed by atoms with E-state index in [9.17, 15) is 9.59 Å². The number of carbonyl (C=O) groups excluding carboxylic acids is 1. The third-order valence-electron chi connectivity index (χ3n) is 4.30. The summed E-state index contributed by atoms with van der Waals surface area (Å²) in [7, 11) is 0. The van der Waals surface area contributed by atoms with Gasteiger partial charge in [0.05, 0.1) is 0 Å². The highest BCUT2D eigenvalue weighted by Gasteiger charge is 2.22. The molecule has 1 aliphatic rings. The molecule has 1 amide bonds. The number of aliphatic carboxylic acids is 1. The molecule has 1 atom stereocenters. The van der Waals surface area contributed by atoms with Crippen molar-refractivity contribution < 1.29 is 19.4 Å². The smallest absolute Gasteiger partial charge is 0.408 e. The SMILES string of the molecule is C=CCC(NC(=O)OCc1cccc2c1Cc1ccccc1-2)C(=O)O. The number of ether oxygens (including phenoxy) is 1. The number of hydrogen-bond acceptors (Lipinski definition) is 3. The fraction of sp³-hybridized carbons (Fsp3) is 0.200. The van der Waals surface area contributed by atoms with Gasteiger partial charge in [-0.3, -0.25) is 0 Å². The van der Waals surface area contributed by atoms with Crippen LogP contribution >= 0.6 is 0 Å². The number of carboxylic acid groups (broad SMARTS) is 1. The van der Waals surface area contributed by atoms with E-state index in [1.165, 1.54) is 17.2 Å². The largest absolute Gasteiger partial charge is 0.480 e. The molecular formula is C20H19NO4. The number of nitrogens with one attached hydrogen (secondary N) is 1. The zero-order chi connectivity index (χ0) is 17.8. The minimum atomic E-state index is -1.12. The molecule has 0 aromatic heterocycles. The lowest BCUT2D eigenvalue weighted by molar-refractivity contribution is -0.139. The Morgan fingerprint density at radius 2 is 1.96 bits per heavy atom. The van der Waals surface area contributed by atoms with E-state index in [4.69, 9.17) is 9.84 Å². The molecule has 2 aromatic carbocycles. The van der Waals surface area contributed by atoms with Gasteiger partial charge in [-0.2, -0.15) is 0 Å².